The van der Waals surface area contributed by atoms with Crippen LogP contribution in [0.4, 0.5) is 4.79 Å². The Morgan fingerprint density at radius 3 is 2.15 bits per heavy atom. The van der Waals surface area contributed by atoms with Gasteiger partial charge in [0.15, 0.2) is 0 Å². The number of nitrogens with one attached hydrogen (secondary N) is 4. The Hall–Kier alpha value is -4.53. The minimum absolute atomic E-state index is 0.0350. The zero-order chi connectivity index (χ0) is 53.2. The Bertz CT molecular complexity index is 2330. The number of aromatic nitrogens is 2. The predicted molar refractivity (Wildman–Crippen MR) is 295 cm³/mol. The first-order valence-electron chi connectivity index (χ1n) is 28.3. The van der Waals surface area contributed by atoms with Crippen LogP contribution in [0.25, 0.3) is 0 Å². The van der Waals surface area contributed by atoms with E-state index in [0.29, 0.717) is 48.4 Å². The number of aromatic amines is 1. The molecule has 0 spiro atoms. The molecule has 406 valence electrons. The van der Waals surface area contributed by atoms with Gasteiger partial charge in [-0.05, 0) is 167 Å². The maximum Gasteiger partial charge on any atom is 0.408 e. The molecule has 5 aliphatic rings. The van der Waals surface area contributed by atoms with E-state index in [2.05, 4.69) is 128 Å². The molecule has 3 aromatic rings. The second-order valence-corrected chi connectivity index (χ2v) is 30.4. The molecule has 1 aromatic heterocycles. The number of carbonyl (C=O) groups excluding carboxylic acids is 4. The van der Waals surface area contributed by atoms with E-state index in [1.807, 2.05) is 19.0 Å². The SMILES string of the molecule is C[C@H](CCC(=O)N[C@H]1C[C@@H](C(=O)NCCN(C)C)N(C(=O)C(Cc2c[nH]cn2)NC(=O)OC(C)(C)C)C1)[C@H]1CCC2C3CCC4C[C@H](O[Si](c5ccccc5)(c5ccccc5)C(C)(C)C)CC[C@]4(C)C3CC[C@@]21C. The average Bonchev–Trinajstić information content (AvgIpc) is 4.11. The van der Waals surface area contributed by atoms with Gasteiger partial charge in [-0.25, -0.2) is 9.78 Å². The van der Waals surface area contributed by atoms with Crippen LogP contribution in [0, 0.1) is 46.3 Å². The molecule has 2 aromatic carbocycles. The number of nitrogens with zero attached hydrogens (tertiary/aromatic N) is 3. The lowest BCUT2D eigenvalue weighted by Gasteiger charge is -2.62. The average molecular weight is 1030 g/mol. The van der Waals surface area contributed by atoms with Gasteiger partial charge in [-0.1, -0.05) is 102 Å². The van der Waals surface area contributed by atoms with Crippen molar-refractivity contribution in [3.05, 3.63) is 78.9 Å². The van der Waals surface area contributed by atoms with Crippen LogP contribution in [0.3, 0.4) is 0 Å². The molecule has 12 atom stereocenters. The number of benzene rings is 2. The van der Waals surface area contributed by atoms with E-state index in [1.165, 1.54) is 66.5 Å². The molecule has 1 saturated heterocycles. The van der Waals surface area contributed by atoms with E-state index in [0.717, 1.165) is 37.0 Å². The van der Waals surface area contributed by atoms with Crippen molar-refractivity contribution in [3.8, 4) is 0 Å². The third kappa shape index (κ3) is 11.9. The van der Waals surface area contributed by atoms with Gasteiger partial charge in [0.05, 0.1) is 12.0 Å². The summed E-state index contributed by atoms with van der Waals surface area (Å²) in [7, 11) is 1.23. The van der Waals surface area contributed by atoms with Crippen LogP contribution in [0.1, 0.15) is 145 Å². The van der Waals surface area contributed by atoms with Crippen molar-refractivity contribution in [1.82, 2.24) is 35.7 Å². The number of ether oxygens (including phenoxy) is 1. The van der Waals surface area contributed by atoms with Gasteiger partial charge in [0.1, 0.15) is 17.7 Å². The summed E-state index contributed by atoms with van der Waals surface area (Å²) in [4.78, 5) is 66.0. The number of likely N-dealkylation sites (N-methyl/N-ethyl adjacent to an activating group) is 1. The van der Waals surface area contributed by atoms with Crippen LogP contribution in [-0.2, 0) is 30.0 Å². The third-order valence-corrected chi connectivity index (χ3v) is 24.1. The molecule has 13 nitrogen and oxygen atoms in total. The Kier molecular flexibility index (Phi) is 17.0. The molecule has 0 bridgehead atoms. The van der Waals surface area contributed by atoms with E-state index in [4.69, 9.17) is 9.16 Å². The normalized spacial score (nSPS) is 29.9. The summed E-state index contributed by atoms with van der Waals surface area (Å²) in [6.07, 6.45) is 15.5. The molecular weight excluding hydrogens is 943 g/mol. The Labute approximate surface area is 444 Å². The first kappa shape index (κ1) is 55.7. The molecular formula is C60H91N7O6Si. The molecule has 4 aliphatic carbocycles. The van der Waals surface area contributed by atoms with Crippen LogP contribution in [-0.4, -0.2) is 115 Å². The third-order valence-electron chi connectivity index (χ3n) is 19.0. The number of imidazole rings is 1. The summed E-state index contributed by atoms with van der Waals surface area (Å²) >= 11 is 0. The molecule has 2 heterocycles. The number of alkyl carbamates (subject to hydrolysis) is 1. The quantitative estimate of drug-likeness (QED) is 0.0980. The van der Waals surface area contributed by atoms with Gasteiger partial charge in [0.25, 0.3) is 8.32 Å². The highest BCUT2D eigenvalue weighted by Crippen LogP contribution is 2.68. The molecule has 4 N–H and O–H groups in total. The zero-order valence-electron chi connectivity index (χ0n) is 46.8. The molecule has 8 rings (SSSR count). The lowest BCUT2D eigenvalue weighted by Crippen LogP contribution is -2.68. The predicted octanol–water partition coefficient (Wildman–Crippen LogP) is 8.63. The highest BCUT2D eigenvalue weighted by Gasteiger charge is 2.61. The van der Waals surface area contributed by atoms with Crippen molar-refractivity contribution >= 4 is 42.5 Å². The fourth-order valence-electron chi connectivity index (χ4n) is 15.5. The Morgan fingerprint density at radius 2 is 1.53 bits per heavy atom. The number of carbonyl (C=O) groups is 4. The van der Waals surface area contributed by atoms with Crippen LogP contribution in [0.5, 0.6) is 0 Å². The number of rotatable bonds is 17. The van der Waals surface area contributed by atoms with Crippen molar-refractivity contribution in [1.29, 1.82) is 0 Å². The summed E-state index contributed by atoms with van der Waals surface area (Å²) in [5.74, 6) is 3.11. The number of hydrogen-bond donors (Lipinski definition) is 4. The first-order valence-corrected chi connectivity index (χ1v) is 30.2. The van der Waals surface area contributed by atoms with Gasteiger partial charge in [-0.2, -0.15) is 0 Å². The smallest absolute Gasteiger partial charge is 0.408 e. The van der Waals surface area contributed by atoms with Crippen LogP contribution >= 0.6 is 0 Å². The molecule has 74 heavy (non-hydrogen) atoms. The molecule has 4 amide bonds. The monoisotopic (exact) mass is 1030 g/mol. The fourth-order valence-corrected chi connectivity index (χ4v) is 20.2. The summed E-state index contributed by atoms with van der Waals surface area (Å²) in [6, 6.07) is 20.0. The van der Waals surface area contributed by atoms with Gasteiger partial charge in [0, 0.05) is 50.8 Å². The number of H-pyrrole nitrogens is 1. The molecule has 14 heteroatoms. The Morgan fingerprint density at radius 1 is 0.865 bits per heavy atom. The van der Waals surface area contributed by atoms with Crippen molar-refractivity contribution in [2.45, 2.75) is 181 Å². The number of amides is 4. The zero-order valence-corrected chi connectivity index (χ0v) is 47.8. The van der Waals surface area contributed by atoms with Crippen molar-refractivity contribution in [2.24, 2.45) is 46.3 Å². The van der Waals surface area contributed by atoms with E-state index in [1.54, 1.807) is 27.0 Å². The van der Waals surface area contributed by atoms with E-state index in [-0.39, 0.29) is 47.8 Å². The van der Waals surface area contributed by atoms with Crippen molar-refractivity contribution < 1.29 is 28.3 Å². The molecule has 5 unspecified atom stereocenters. The topological polar surface area (TPSA) is 158 Å². The van der Waals surface area contributed by atoms with Crippen LogP contribution in [0.2, 0.25) is 5.04 Å². The van der Waals surface area contributed by atoms with E-state index < -0.39 is 44.0 Å². The minimum Gasteiger partial charge on any atom is -0.444 e. The lowest BCUT2D eigenvalue weighted by atomic mass is 9.44. The molecule has 5 fully saturated rings. The molecule has 1 aliphatic heterocycles. The van der Waals surface area contributed by atoms with Crippen LogP contribution < -0.4 is 26.3 Å². The van der Waals surface area contributed by atoms with Gasteiger partial charge >= 0.3 is 6.09 Å². The highest BCUT2D eigenvalue weighted by molar-refractivity contribution is 6.99. The standard InChI is InChI=1S/C60H91N7O6Si/c1-40(22-27-53(68)64-43-36-52(54(69)62-32-33-66(10)11)67(38-43)55(70)51(35-42-37-61-39-63-42)65-56(71)72-57(2,3)4)48-25-26-49-47-24-23-41-34-44(28-30-59(41,8)50(47)29-31-60(48,49)9)73-74(58(5,6)7,45-18-14-12-15-19-45)46-20-16-13-17-21-46/h12-21,37,39-41,43-44,47-52H,22-36,38H2,1-11H3,(H,61,63)(H,62,69)(H,64,68)(H,65,71)/t40-,41?,43+,44-,47?,48-,49?,50?,51?,52+,59+,60-/m1/s1. The van der Waals surface area contributed by atoms with Gasteiger partial charge in [0.2, 0.25) is 17.7 Å². The van der Waals surface area contributed by atoms with Crippen molar-refractivity contribution in [2.75, 3.05) is 33.7 Å². The summed E-state index contributed by atoms with van der Waals surface area (Å²) in [5.41, 5.74) is 0.402. The van der Waals surface area contributed by atoms with Crippen LogP contribution in [0.15, 0.2) is 73.2 Å². The number of likely N-dealkylation sites (tertiary alicyclic amines) is 1. The van der Waals surface area contributed by atoms with Gasteiger partial charge < -0.3 is 39.9 Å². The van der Waals surface area contributed by atoms with Crippen molar-refractivity contribution in [3.63, 3.8) is 0 Å². The largest absolute Gasteiger partial charge is 0.444 e. The Balaban J connectivity index is 0.887. The fraction of sp³-hybridized carbons (Fsp3) is 0.683. The second kappa shape index (κ2) is 22.6. The first-order chi connectivity index (χ1) is 35.0. The lowest BCUT2D eigenvalue weighted by molar-refractivity contribution is -0.140. The molecule has 4 saturated carbocycles. The second-order valence-electron chi connectivity index (χ2n) is 26.1. The summed E-state index contributed by atoms with van der Waals surface area (Å²) in [6.45, 7) is 21.3. The maximum atomic E-state index is 14.5. The number of hydrogen-bond acceptors (Lipinski definition) is 8. The van der Waals surface area contributed by atoms with Gasteiger partial charge in [-0.3, -0.25) is 14.4 Å². The highest BCUT2D eigenvalue weighted by atomic mass is 28.4. The number of fused-ring (bicyclic) bond motifs is 5. The molecule has 0 radical (unpaired) electrons. The van der Waals surface area contributed by atoms with E-state index in [9.17, 15) is 19.2 Å². The van der Waals surface area contributed by atoms with E-state index >= 15 is 0 Å². The summed E-state index contributed by atoms with van der Waals surface area (Å²) < 4.78 is 13.3. The minimum atomic E-state index is -2.64. The summed E-state index contributed by atoms with van der Waals surface area (Å²) in [5, 5.41) is 11.7. The van der Waals surface area contributed by atoms with Gasteiger partial charge in [-0.15, -0.1) is 0 Å². The maximum absolute atomic E-state index is 14.5.